The van der Waals surface area contributed by atoms with Gasteiger partial charge in [0.15, 0.2) is 16.3 Å². The van der Waals surface area contributed by atoms with Crippen LogP contribution >= 0.6 is 23.1 Å². The molecule has 2 aromatic carbocycles. The first-order chi connectivity index (χ1) is 14.6. The molecule has 0 N–H and O–H groups in total. The largest absolute Gasteiger partial charge is 0.486 e. The average molecular weight is 445 g/mol. The molecule has 1 aliphatic rings. The number of carbonyl (C=O) groups is 2. The van der Waals surface area contributed by atoms with Crippen LogP contribution in [0.15, 0.2) is 52.4 Å². The van der Waals surface area contributed by atoms with Gasteiger partial charge in [-0.25, -0.2) is 0 Å². The van der Waals surface area contributed by atoms with Crippen molar-refractivity contribution in [3.05, 3.63) is 47.3 Å². The summed E-state index contributed by atoms with van der Waals surface area (Å²) < 4.78 is 18.9. The fourth-order valence-corrected chi connectivity index (χ4v) is 4.80. The summed E-state index contributed by atoms with van der Waals surface area (Å²) in [6.45, 7) is 1.33. The van der Waals surface area contributed by atoms with Crippen molar-refractivity contribution in [1.29, 1.82) is 0 Å². The molecule has 1 aromatic heterocycles. The van der Waals surface area contributed by atoms with Gasteiger partial charge < -0.3 is 18.8 Å². The van der Waals surface area contributed by atoms with Crippen LogP contribution in [0, 0.1) is 0 Å². The molecule has 30 heavy (non-hydrogen) atoms. The van der Waals surface area contributed by atoms with Crippen molar-refractivity contribution in [2.45, 2.75) is 17.9 Å². The van der Waals surface area contributed by atoms with Gasteiger partial charge in [-0.15, -0.1) is 11.8 Å². The molecule has 0 radical (unpaired) electrons. The minimum atomic E-state index is -0.323. The number of aryl methyl sites for hydroxylation is 1. The number of thioether (sulfide) groups is 1. The van der Waals surface area contributed by atoms with Crippen molar-refractivity contribution < 1.29 is 23.8 Å². The lowest BCUT2D eigenvalue weighted by atomic mass is 10.2. The van der Waals surface area contributed by atoms with E-state index in [1.54, 1.807) is 0 Å². The predicted molar refractivity (Wildman–Crippen MR) is 115 cm³/mol. The number of rotatable bonds is 6. The molecule has 0 spiro atoms. The number of hydrogen-bond acceptors (Lipinski definition) is 7. The maximum atomic E-state index is 12.5. The third-order valence-corrected chi connectivity index (χ3v) is 6.48. The molecular formula is C21H20N2O5S2. The van der Waals surface area contributed by atoms with Crippen LogP contribution in [-0.2, 0) is 20.9 Å². The van der Waals surface area contributed by atoms with Crippen LogP contribution in [0.2, 0.25) is 0 Å². The van der Waals surface area contributed by atoms with Crippen molar-refractivity contribution >= 4 is 45.2 Å². The molecule has 0 aliphatic carbocycles. The molecule has 0 saturated heterocycles. The predicted octanol–water partition coefficient (Wildman–Crippen LogP) is 3.26. The first-order valence-electron chi connectivity index (χ1n) is 9.39. The van der Waals surface area contributed by atoms with Crippen molar-refractivity contribution in [3.63, 3.8) is 0 Å². The van der Waals surface area contributed by atoms with E-state index in [9.17, 15) is 9.59 Å². The molecule has 0 saturated carbocycles. The van der Waals surface area contributed by atoms with Crippen molar-refractivity contribution in [2.75, 3.05) is 26.1 Å². The number of ether oxygens (including phenoxy) is 3. The van der Waals surface area contributed by atoms with Crippen molar-refractivity contribution in [2.24, 2.45) is 4.99 Å². The number of fused-ring (bicyclic) bond motifs is 2. The first-order valence-corrected chi connectivity index (χ1v) is 11.2. The summed E-state index contributed by atoms with van der Waals surface area (Å²) in [6.07, 6.45) is 0.177. The standard InChI is InChI=1S/C21H20N2O5S2/c1-26-20(25)7-8-23-15-11-16-17(28-10-9-27-16)12-18(15)30-21(23)22-19(24)13-29-14-5-3-2-4-6-14/h2-6,11-12H,7-10,13H2,1H3. The zero-order chi connectivity index (χ0) is 20.9. The fraction of sp³-hybridized carbons (Fsp3) is 0.286. The smallest absolute Gasteiger partial charge is 0.307 e. The van der Waals surface area contributed by atoms with E-state index in [0.717, 1.165) is 15.1 Å². The van der Waals surface area contributed by atoms with Gasteiger partial charge in [0.05, 0.1) is 29.5 Å². The Morgan fingerprint density at radius 3 is 2.63 bits per heavy atom. The van der Waals surface area contributed by atoms with Gasteiger partial charge in [0.25, 0.3) is 5.91 Å². The summed E-state index contributed by atoms with van der Waals surface area (Å²) in [5.41, 5.74) is 0.843. The first kappa shape index (κ1) is 20.5. The zero-order valence-electron chi connectivity index (χ0n) is 16.3. The highest BCUT2D eigenvalue weighted by molar-refractivity contribution is 8.00. The Morgan fingerprint density at radius 2 is 1.90 bits per heavy atom. The molecule has 7 nitrogen and oxygen atoms in total. The molecule has 0 atom stereocenters. The van der Waals surface area contributed by atoms with Gasteiger partial charge in [-0.1, -0.05) is 29.5 Å². The second-order valence-electron chi connectivity index (χ2n) is 6.43. The number of benzene rings is 2. The Kier molecular flexibility index (Phi) is 6.39. The minimum Gasteiger partial charge on any atom is -0.486 e. The van der Waals surface area contributed by atoms with Crippen LogP contribution in [-0.4, -0.2) is 42.5 Å². The van der Waals surface area contributed by atoms with Gasteiger partial charge in [0, 0.05) is 23.6 Å². The molecule has 0 fully saturated rings. The Labute approximate surface area is 181 Å². The van der Waals surface area contributed by atoms with E-state index in [0.29, 0.717) is 36.1 Å². The van der Waals surface area contributed by atoms with E-state index >= 15 is 0 Å². The number of methoxy groups -OCH3 is 1. The van der Waals surface area contributed by atoms with Crippen LogP contribution in [0.25, 0.3) is 10.2 Å². The van der Waals surface area contributed by atoms with Crippen molar-refractivity contribution in [1.82, 2.24) is 4.57 Å². The van der Waals surface area contributed by atoms with E-state index in [-0.39, 0.29) is 24.1 Å². The van der Waals surface area contributed by atoms with Gasteiger partial charge in [-0.3, -0.25) is 9.59 Å². The molecule has 4 rings (SSSR count). The second kappa shape index (κ2) is 9.36. The third kappa shape index (κ3) is 4.68. The van der Waals surface area contributed by atoms with Crippen LogP contribution in [0.3, 0.4) is 0 Å². The molecule has 3 aromatic rings. The van der Waals surface area contributed by atoms with Gasteiger partial charge in [0.1, 0.15) is 13.2 Å². The molecule has 2 heterocycles. The topological polar surface area (TPSA) is 79.1 Å². The highest BCUT2D eigenvalue weighted by Crippen LogP contribution is 2.35. The van der Waals surface area contributed by atoms with Crippen LogP contribution in [0.4, 0.5) is 0 Å². The molecule has 0 bridgehead atoms. The Balaban J connectivity index is 1.66. The van der Waals surface area contributed by atoms with Crippen molar-refractivity contribution in [3.8, 4) is 11.5 Å². The number of amides is 1. The van der Waals surface area contributed by atoms with Crippen LogP contribution in [0.1, 0.15) is 6.42 Å². The lowest BCUT2D eigenvalue weighted by molar-refractivity contribution is -0.140. The second-order valence-corrected chi connectivity index (χ2v) is 8.49. The highest BCUT2D eigenvalue weighted by Gasteiger charge is 2.17. The Morgan fingerprint density at radius 1 is 1.17 bits per heavy atom. The molecule has 156 valence electrons. The number of nitrogens with zero attached hydrogens (tertiary/aromatic N) is 2. The summed E-state index contributed by atoms with van der Waals surface area (Å²) in [5.74, 6) is 0.997. The van der Waals surface area contributed by atoms with Crippen LogP contribution in [0.5, 0.6) is 11.5 Å². The summed E-state index contributed by atoms with van der Waals surface area (Å²) in [6, 6.07) is 13.5. The number of esters is 1. The van der Waals surface area contributed by atoms with E-state index < -0.39 is 0 Å². The maximum Gasteiger partial charge on any atom is 0.307 e. The lowest BCUT2D eigenvalue weighted by Crippen LogP contribution is -2.20. The number of carbonyl (C=O) groups excluding carboxylic acids is 2. The Bertz CT molecular complexity index is 1140. The summed E-state index contributed by atoms with van der Waals surface area (Å²) in [5, 5.41) is 0. The normalized spacial score (nSPS) is 13.4. The average Bonchev–Trinajstić information content (AvgIpc) is 3.10. The molecular weight excluding hydrogens is 424 g/mol. The summed E-state index contributed by atoms with van der Waals surface area (Å²) >= 11 is 2.83. The third-order valence-electron chi connectivity index (χ3n) is 4.44. The summed E-state index contributed by atoms with van der Waals surface area (Å²) in [7, 11) is 1.36. The van der Waals surface area contributed by atoms with E-state index in [4.69, 9.17) is 14.2 Å². The summed E-state index contributed by atoms with van der Waals surface area (Å²) in [4.78, 5) is 30.1. The fourth-order valence-electron chi connectivity index (χ4n) is 3.01. The number of thiazole rings is 1. The monoisotopic (exact) mass is 444 g/mol. The molecule has 1 amide bonds. The Hall–Kier alpha value is -2.78. The van der Waals surface area contributed by atoms with Gasteiger partial charge in [-0.2, -0.15) is 4.99 Å². The maximum absolute atomic E-state index is 12.5. The van der Waals surface area contributed by atoms with Crippen LogP contribution < -0.4 is 14.3 Å². The molecule has 0 unspecified atom stereocenters. The van der Waals surface area contributed by atoms with E-state index in [1.165, 1.54) is 30.2 Å². The number of aromatic nitrogens is 1. The SMILES string of the molecule is COC(=O)CCn1c(=NC(=O)CSc2ccccc2)sc2cc3c(cc21)OCCO3. The zero-order valence-corrected chi connectivity index (χ0v) is 18.0. The molecule has 1 aliphatic heterocycles. The molecule has 9 heteroatoms. The van der Waals surface area contributed by atoms with Gasteiger partial charge >= 0.3 is 5.97 Å². The van der Waals surface area contributed by atoms with Gasteiger partial charge in [0.2, 0.25) is 0 Å². The quantitative estimate of drug-likeness (QED) is 0.429. The highest BCUT2D eigenvalue weighted by atomic mass is 32.2. The van der Waals surface area contributed by atoms with E-state index in [2.05, 4.69) is 4.99 Å². The minimum absolute atomic E-state index is 0.177. The lowest BCUT2D eigenvalue weighted by Gasteiger charge is -2.18. The van der Waals surface area contributed by atoms with E-state index in [1.807, 2.05) is 47.0 Å². The number of hydrogen-bond donors (Lipinski definition) is 0. The van der Waals surface area contributed by atoms with Gasteiger partial charge in [-0.05, 0) is 12.1 Å².